The third-order valence-electron chi connectivity index (χ3n) is 4.09. The van der Waals surface area contributed by atoms with E-state index in [1.54, 1.807) is 0 Å². The molecule has 1 aliphatic carbocycles. The van der Waals surface area contributed by atoms with Gasteiger partial charge in [-0.3, -0.25) is 0 Å². The number of nitrogen functional groups attached to an aromatic ring is 1. The molecule has 3 nitrogen and oxygen atoms in total. The van der Waals surface area contributed by atoms with Crippen molar-refractivity contribution in [1.29, 1.82) is 0 Å². The molecule has 0 saturated heterocycles. The van der Waals surface area contributed by atoms with Gasteiger partial charge in [-0.25, -0.2) is 4.98 Å². The van der Waals surface area contributed by atoms with Gasteiger partial charge in [-0.05, 0) is 31.3 Å². The number of hydrogen-bond donors (Lipinski definition) is 1. The van der Waals surface area contributed by atoms with Crippen LogP contribution < -0.4 is 5.73 Å². The maximum absolute atomic E-state index is 6.29. The van der Waals surface area contributed by atoms with Gasteiger partial charge in [-0.15, -0.1) is 0 Å². The van der Waals surface area contributed by atoms with E-state index in [2.05, 4.69) is 18.4 Å². The highest BCUT2D eigenvalue weighted by Crippen LogP contribution is 2.34. The molecule has 1 fully saturated rings. The summed E-state index contributed by atoms with van der Waals surface area (Å²) in [4.78, 5) is 4.90. The van der Waals surface area contributed by atoms with Crippen molar-refractivity contribution in [3.05, 3.63) is 11.5 Å². The van der Waals surface area contributed by atoms with E-state index < -0.39 is 0 Å². The number of thioether (sulfide) groups is 1. The van der Waals surface area contributed by atoms with Crippen molar-refractivity contribution in [3.8, 4) is 0 Å². The van der Waals surface area contributed by atoms with E-state index in [4.69, 9.17) is 10.7 Å². The van der Waals surface area contributed by atoms with Gasteiger partial charge in [0.15, 0.2) is 0 Å². The molecule has 19 heavy (non-hydrogen) atoms. The Morgan fingerprint density at radius 1 is 1.26 bits per heavy atom. The van der Waals surface area contributed by atoms with Crippen LogP contribution in [0.5, 0.6) is 0 Å². The van der Waals surface area contributed by atoms with E-state index >= 15 is 0 Å². The lowest BCUT2D eigenvalue weighted by atomic mass is 9.88. The van der Waals surface area contributed by atoms with Crippen LogP contribution in [0.1, 0.15) is 63.4 Å². The Labute approximate surface area is 121 Å². The van der Waals surface area contributed by atoms with Gasteiger partial charge < -0.3 is 10.3 Å². The number of hydrogen-bond acceptors (Lipinski definition) is 3. The molecule has 0 atom stereocenters. The van der Waals surface area contributed by atoms with Crippen molar-refractivity contribution in [1.82, 2.24) is 9.55 Å². The van der Waals surface area contributed by atoms with Crippen LogP contribution in [-0.2, 0) is 13.0 Å². The molecule has 2 rings (SSSR count). The summed E-state index contributed by atoms with van der Waals surface area (Å²) in [7, 11) is 0. The molecule has 0 radical (unpaired) electrons. The molecular weight excluding hydrogens is 254 g/mol. The van der Waals surface area contributed by atoms with Crippen molar-refractivity contribution in [2.75, 3.05) is 17.2 Å². The predicted octanol–water partition coefficient (Wildman–Crippen LogP) is 3.83. The second kappa shape index (κ2) is 7.22. The van der Waals surface area contributed by atoms with Crippen LogP contribution in [-0.4, -0.2) is 21.1 Å². The van der Waals surface area contributed by atoms with Gasteiger partial charge >= 0.3 is 0 Å². The fraction of sp³-hybridized carbons (Fsp3) is 0.800. The quantitative estimate of drug-likeness (QED) is 0.806. The summed E-state index contributed by atoms with van der Waals surface area (Å²) in [5.74, 6) is 5.12. The first-order valence-corrected chi connectivity index (χ1v) is 8.85. The van der Waals surface area contributed by atoms with Crippen LogP contribution in [0.25, 0.3) is 0 Å². The zero-order valence-electron chi connectivity index (χ0n) is 12.3. The van der Waals surface area contributed by atoms with E-state index in [-0.39, 0.29) is 0 Å². The number of imidazole rings is 1. The number of nitrogens with zero attached hydrogens (tertiary/aromatic N) is 2. The maximum Gasteiger partial charge on any atom is 0.126 e. The van der Waals surface area contributed by atoms with Gasteiger partial charge in [0.2, 0.25) is 0 Å². The number of rotatable bonds is 6. The largest absolute Gasteiger partial charge is 0.384 e. The van der Waals surface area contributed by atoms with E-state index in [9.17, 15) is 0 Å². The smallest absolute Gasteiger partial charge is 0.126 e. The Hall–Kier alpha value is -0.640. The highest BCUT2D eigenvalue weighted by molar-refractivity contribution is 7.99. The van der Waals surface area contributed by atoms with E-state index in [1.165, 1.54) is 43.7 Å². The lowest BCUT2D eigenvalue weighted by Crippen LogP contribution is -2.12. The Bertz CT molecular complexity index is 394. The Balaban J connectivity index is 2.14. The monoisotopic (exact) mass is 281 g/mol. The highest BCUT2D eigenvalue weighted by Gasteiger charge is 2.23. The van der Waals surface area contributed by atoms with Gasteiger partial charge in [0.25, 0.3) is 0 Å². The van der Waals surface area contributed by atoms with Crippen molar-refractivity contribution >= 4 is 17.6 Å². The SMILES string of the molecule is CCSCCc1nc(C2CCCCC2)n(CC)c1N. The van der Waals surface area contributed by atoms with Crippen LogP contribution in [0, 0.1) is 0 Å². The van der Waals surface area contributed by atoms with Crippen LogP contribution in [0.15, 0.2) is 0 Å². The standard InChI is InChI=1S/C15H27N3S/c1-3-18-14(16)13(10-11-19-4-2)17-15(18)12-8-6-5-7-9-12/h12H,3-11,16H2,1-2H3. The summed E-state index contributed by atoms with van der Waals surface area (Å²) < 4.78 is 2.25. The van der Waals surface area contributed by atoms with Crippen LogP contribution in [0.2, 0.25) is 0 Å². The second-order valence-corrected chi connectivity index (χ2v) is 6.72. The van der Waals surface area contributed by atoms with Crippen LogP contribution >= 0.6 is 11.8 Å². The molecule has 2 N–H and O–H groups in total. The fourth-order valence-corrected chi connectivity index (χ4v) is 3.66. The summed E-state index contributed by atoms with van der Waals surface area (Å²) in [6.45, 7) is 5.33. The normalized spacial score (nSPS) is 16.9. The molecule has 0 aliphatic heterocycles. The molecule has 1 aromatic rings. The zero-order valence-corrected chi connectivity index (χ0v) is 13.1. The van der Waals surface area contributed by atoms with Crippen molar-refractivity contribution in [2.24, 2.45) is 0 Å². The van der Waals surface area contributed by atoms with Gasteiger partial charge in [0.1, 0.15) is 11.6 Å². The van der Waals surface area contributed by atoms with E-state index in [1.807, 2.05) is 11.8 Å². The molecule has 4 heteroatoms. The summed E-state index contributed by atoms with van der Waals surface area (Å²) in [5, 5.41) is 0. The van der Waals surface area contributed by atoms with E-state index in [0.717, 1.165) is 30.2 Å². The summed E-state index contributed by atoms with van der Waals surface area (Å²) in [5.41, 5.74) is 7.42. The molecule has 0 spiro atoms. The third kappa shape index (κ3) is 3.47. The Morgan fingerprint density at radius 3 is 2.63 bits per heavy atom. The van der Waals surface area contributed by atoms with Crippen molar-refractivity contribution < 1.29 is 0 Å². The summed E-state index contributed by atoms with van der Waals surface area (Å²) in [6.07, 6.45) is 7.68. The van der Waals surface area contributed by atoms with Crippen LogP contribution in [0.3, 0.4) is 0 Å². The first-order valence-electron chi connectivity index (χ1n) is 7.70. The highest BCUT2D eigenvalue weighted by atomic mass is 32.2. The first kappa shape index (κ1) is 14.8. The number of nitrogens with two attached hydrogens (primary N) is 1. The van der Waals surface area contributed by atoms with Gasteiger partial charge in [-0.2, -0.15) is 11.8 Å². The average molecular weight is 281 g/mol. The second-order valence-electron chi connectivity index (χ2n) is 5.33. The van der Waals surface area contributed by atoms with Gasteiger partial charge in [-0.1, -0.05) is 26.2 Å². The molecule has 0 bridgehead atoms. The number of aromatic nitrogens is 2. The first-order chi connectivity index (χ1) is 9.27. The minimum atomic E-state index is 0.642. The lowest BCUT2D eigenvalue weighted by molar-refractivity contribution is 0.417. The minimum Gasteiger partial charge on any atom is -0.384 e. The molecular formula is C15H27N3S. The fourth-order valence-electron chi connectivity index (χ4n) is 3.04. The Morgan fingerprint density at radius 2 is 2.00 bits per heavy atom. The number of anilines is 1. The third-order valence-corrected chi connectivity index (χ3v) is 4.99. The molecule has 0 aromatic carbocycles. The molecule has 108 valence electrons. The average Bonchev–Trinajstić information content (AvgIpc) is 2.77. The minimum absolute atomic E-state index is 0.642. The van der Waals surface area contributed by atoms with Crippen molar-refractivity contribution in [3.63, 3.8) is 0 Å². The molecule has 0 amide bonds. The van der Waals surface area contributed by atoms with Crippen molar-refractivity contribution in [2.45, 2.75) is 64.8 Å². The molecule has 0 unspecified atom stereocenters. The lowest BCUT2D eigenvalue weighted by Gasteiger charge is -2.21. The Kier molecular flexibility index (Phi) is 5.61. The van der Waals surface area contributed by atoms with E-state index in [0.29, 0.717) is 5.92 Å². The zero-order chi connectivity index (χ0) is 13.7. The molecule has 1 saturated carbocycles. The maximum atomic E-state index is 6.29. The molecule has 1 aliphatic rings. The van der Waals surface area contributed by atoms with Gasteiger partial charge in [0.05, 0.1) is 5.69 Å². The molecule has 1 aromatic heterocycles. The van der Waals surface area contributed by atoms with Gasteiger partial charge in [0, 0.05) is 18.9 Å². The summed E-state index contributed by atoms with van der Waals surface area (Å²) >= 11 is 1.97. The topological polar surface area (TPSA) is 43.8 Å². The van der Waals surface area contributed by atoms with Crippen LogP contribution in [0.4, 0.5) is 5.82 Å². The number of aryl methyl sites for hydroxylation is 1. The summed E-state index contributed by atoms with van der Waals surface area (Å²) in [6, 6.07) is 0. The predicted molar refractivity (Wildman–Crippen MR) is 84.8 cm³/mol. The molecule has 1 heterocycles.